The van der Waals surface area contributed by atoms with Crippen molar-refractivity contribution < 1.29 is 9.59 Å². The molecule has 4 nitrogen and oxygen atoms in total. The largest absolute Gasteiger partial charge is 0.295 e. The summed E-state index contributed by atoms with van der Waals surface area (Å²) < 4.78 is 0. The molecule has 1 fully saturated rings. The molecule has 0 bridgehead atoms. The highest BCUT2D eigenvalue weighted by molar-refractivity contribution is 7.99. The van der Waals surface area contributed by atoms with Crippen molar-refractivity contribution in [3.05, 3.63) is 0 Å². The van der Waals surface area contributed by atoms with Crippen LogP contribution in [0.5, 0.6) is 0 Å². The topological polar surface area (TPSA) is 49.4 Å². The molecule has 1 N–H and O–H groups in total. The van der Waals surface area contributed by atoms with Gasteiger partial charge in [-0.1, -0.05) is 6.92 Å². The summed E-state index contributed by atoms with van der Waals surface area (Å²) in [5, 5.41) is 2.93. The number of rotatable bonds is 4. The molecule has 0 radical (unpaired) electrons. The van der Waals surface area contributed by atoms with Gasteiger partial charge < -0.3 is 0 Å². The SMILES string of the molecule is CCSCCN1C(=O)CNC(C)(C)C1=O. The molecule has 0 aliphatic carbocycles. The summed E-state index contributed by atoms with van der Waals surface area (Å²) in [4.78, 5) is 24.8. The fourth-order valence-electron chi connectivity index (χ4n) is 1.44. The zero-order chi connectivity index (χ0) is 11.5. The molecule has 2 amide bonds. The molecule has 0 aromatic rings. The summed E-state index contributed by atoms with van der Waals surface area (Å²) in [6.45, 7) is 6.47. The summed E-state index contributed by atoms with van der Waals surface area (Å²) in [5.41, 5.74) is -0.606. The number of amides is 2. The maximum Gasteiger partial charge on any atom is 0.248 e. The van der Waals surface area contributed by atoms with Crippen LogP contribution in [0.1, 0.15) is 20.8 Å². The van der Waals surface area contributed by atoms with Gasteiger partial charge in [-0.15, -0.1) is 0 Å². The number of hydrogen-bond acceptors (Lipinski definition) is 4. The quantitative estimate of drug-likeness (QED) is 0.563. The van der Waals surface area contributed by atoms with E-state index in [0.29, 0.717) is 6.54 Å². The summed E-state index contributed by atoms with van der Waals surface area (Å²) in [6.07, 6.45) is 0. The highest BCUT2D eigenvalue weighted by Gasteiger charge is 2.39. The van der Waals surface area contributed by atoms with Gasteiger partial charge in [0.05, 0.1) is 12.1 Å². The molecule has 0 unspecified atom stereocenters. The standard InChI is InChI=1S/C10H18N2O2S/c1-4-15-6-5-12-8(13)7-11-10(2,3)9(12)14/h11H,4-7H2,1-3H3. The lowest BCUT2D eigenvalue weighted by molar-refractivity contribution is -0.152. The molecule has 0 atom stereocenters. The van der Waals surface area contributed by atoms with Gasteiger partial charge in [-0.3, -0.25) is 19.8 Å². The Morgan fingerprint density at radius 2 is 2.13 bits per heavy atom. The van der Waals surface area contributed by atoms with E-state index in [1.807, 2.05) is 13.8 Å². The Kier molecular flexibility index (Phi) is 4.16. The molecule has 0 spiro atoms. The molecular formula is C10H18N2O2S. The second kappa shape index (κ2) is 4.99. The van der Waals surface area contributed by atoms with Crippen molar-refractivity contribution in [1.82, 2.24) is 10.2 Å². The highest BCUT2D eigenvalue weighted by atomic mass is 32.2. The summed E-state index contributed by atoms with van der Waals surface area (Å²) in [7, 11) is 0. The monoisotopic (exact) mass is 230 g/mol. The van der Waals surface area contributed by atoms with E-state index < -0.39 is 5.54 Å². The molecule has 1 rings (SSSR count). The number of imide groups is 1. The minimum absolute atomic E-state index is 0.115. The van der Waals surface area contributed by atoms with Crippen LogP contribution >= 0.6 is 11.8 Å². The van der Waals surface area contributed by atoms with Gasteiger partial charge >= 0.3 is 0 Å². The van der Waals surface area contributed by atoms with Crippen molar-refractivity contribution in [2.24, 2.45) is 0 Å². The number of nitrogens with zero attached hydrogens (tertiary/aromatic N) is 1. The number of nitrogens with one attached hydrogen (secondary N) is 1. The molecular weight excluding hydrogens is 212 g/mol. The maximum atomic E-state index is 11.9. The zero-order valence-electron chi connectivity index (χ0n) is 9.50. The molecule has 0 aromatic carbocycles. The van der Waals surface area contributed by atoms with Crippen LogP contribution in [0.15, 0.2) is 0 Å². The van der Waals surface area contributed by atoms with E-state index in [4.69, 9.17) is 0 Å². The number of thioether (sulfide) groups is 1. The summed E-state index contributed by atoms with van der Waals surface area (Å²) in [6, 6.07) is 0. The van der Waals surface area contributed by atoms with Crippen molar-refractivity contribution in [1.29, 1.82) is 0 Å². The van der Waals surface area contributed by atoms with Gasteiger partial charge in [0.2, 0.25) is 11.8 Å². The molecule has 0 aromatic heterocycles. The Bertz CT molecular complexity index is 266. The molecule has 15 heavy (non-hydrogen) atoms. The van der Waals surface area contributed by atoms with Crippen molar-refractivity contribution in [2.75, 3.05) is 24.6 Å². The lowest BCUT2D eigenvalue weighted by Crippen LogP contribution is -2.63. The first-order valence-corrected chi connectivity index (χ1v) is 6.32. The lowest BCUT2D eigenvalue weighted by atomic mass is 10.0. The minimum atomic E-state index is -0.606. The first-order valence-electron chi connectivity index (χ1n) is 5.16. The van der Waals surface area contributed by atoms with Crippen LogP contribution in [0.3, 0.4) is 0 Å². The Balaban J connectivity index is 2.59. The maximum absolute atomic E-state index is 11.9. The zero-order valence-corrected chi connectivity index (χ0v) is 10.3. The van der Waals surface area contributed by atoms with Crippen LogP contribution in [-0.4, -0.2) is 46.8 Å². The van der Waals surface area contributed by atoms with Gasteiger partial charge in [0.1, 0.15) is 0 Å². The minimum Gasteiger partial charge on any atom is -0.295 e. The fraction of sp³-hybridized carbons (Fsp3) is 0.800. The second-order valence-corrected chi connectivity index (χ2v) is 5.42. The predicted molar refractivity (Wildman–Crippen MR) is 61.8 cm³/mol. The van der Waals surface area contributed by atoms with Crippen LogP contribution in [0.25, 0.3) is 0 Å². The van der Waals surface area contributed by atoms with Gasteiger partial charge in [-0.25, -0.2) is 0 Å². The normalized spacial score (nSPS) is 20.9. The fourth-order valence-corrected chi connectivity index (χ4v) is 2.05. The number of piperazine rings is 1. The third-order valence-corrected chi connectivity index (χ3v) is 3.31. The molecule has 1 saturated heterocycles. The van der Waals surface area contributed by atoms with Gasteiger partial charge in [0, 0.05) is 12.3 Å². The Morgan fingerprint density at radius 3 is 2.73 bits per heavy atom. The average Bonchev–Trinajstić information content (AvgIpc) is 2.18. The third-order valence-electron chi connectivity index (χ3n) is 2.43. The van der Waals surface area contributed by atoms with E-state index >= 15 is 0 Å². The van der Waals surface area contributed by atoms with Gasteiger partial charge in [-0.05, 0) is 19.6 Å². The molecule has 5 heteroatoms. The van der Waals surface area contributed by atoms with E-state index in [0.717, 1.165) is 11.5 Å². The lowest BCUT2D eigenvalue weighted by Gasteiger charge is -2.36. The molecule has 1 aliphatic rings. The van der Waals surface area contributed by atoms with Crippen LogP contribution in [0, 0.1) is 0 Å². The Hall–Kier alpha value is -0.550. The first-order chi connectivity index (χ1) is 6.99. The highest BCUT2D eigenvalue weighted by Crippen LogP contribution is 2.14. The van der Waals surface area contributed by atoms with Crippen LogP contribution < -0.4 is 5.32 Å². The number of carbonyl (C=O) groups excluding carboxylic acids is 2. The molecule has 1 aliphatic heterocycles. The van der Waals surface area contributed by atoms with Crippen molar-refractivity contribution in [3.63, 3.8) is 0 Å². The van der Waals surface area contributed by atoms with E-state index in [1.165, 1.54) is 4.90 Å². The molecule has 0 saturated carbocycles. The van der Waals surface area contributed by atoms with Crippen molar-refractivity contribution in [3.8, 4) is 0 Å². The van der Waals surface area contributed by atoms with Crippen LogP contribution in [-0.2, 0) is 9.59 Å². The Morgan fingerprint density at radius 1 is 1.47 bits per heavy atom. The second-order valence-electron chi connectivity index (χ2n) is 4.03. The summed E-state index contributed by atoms with van der Waals surface area (Å²) >= 11 is 1.74. The van der Waals surface area contributed by atoms with Crippen LogP contribution in [0.4, 0.5) is 0 Å². The van der Waals surface area contributed by atoms with Crippen molar-refractivity contribution >= 4 is 23.6 Å². The van der Waals surface area contributed by atoms with Gasteiger partial charge in [-0.2, -0.15) is 11.8 Å². The van der Waals surface area contributed by atoms with Gasteiger partial charge in [0.25, 0.3) is 0 Å². The average molecular weight is 230 g/mol. The Labute approximate surface area is 94.8 Å². The number of hydrogen-bond donors (Lipinski definition) is 1. The van der Waals surface area contributed by atoms with E-state index in [9.17, 15) is 9.59 Å². The smallest absolute Gasteiger partial charge is 0.248 e. The third kappa shape index (κ3) is 2.95. The predicted octanol–water partition coefficient (Wildman–Crippen LogP) is 0.476. The van der Waals surface area contributed by atoms with Crippen molar-refractivity contribution in [2.45, 2.75) is 26.3 Å². The van der Waals surface area contributed by atoms with Crippen LogP contribution in [0.2, 0.25) is 0 Å². The van der Waals surface area contributed by atoms with E-state index in [1.54, 1.807) is 11.8 Å². The first kappa shape index (κ1) is 12.5. The van der Waals surface area contributed by atoms with Gasteiger partial charge in [0.15, 0.2) is 0 Å². The van der Waals surface area contributed by atoms with E-state index in [2.05, 4.69) is 12.2 Å². The molecule has 1 heterocycles. The summed E-state index contributed by atoms with van der Waals surface area (Å²) in [5.74, 6) is 1.61. The number of carbonyl (C=O) groups is 2. The van der Waals surface area contributed by atoms with E-state index in [-0.39, 0.29) is 18.4 Å². The molecule has 86 valence electrons.